The summed E-state index contributed by atoms with van der Waals surface area (Å²) in [5, 5.41) is 20.0. The van der Waals surface area contributed by atoms with Crippen molar-refractivity contribution in [2.75, 3.05) is 44.7 Å². The zero-order valence-electron chi connectivity index (χ0n) is 22.0. The predicted molar refractivity (Wildman–Crippen MR) is 147 cm³/mol. The monoisotopic (exact) mass is 521 g/mol. The van der Waals surface area contributed by atoms with E-state index < -0.39 is 0 Å². The van der Waals surface area contributed by atoms with Crippen LogP contribution in [0.5, 0.6) is 0 Å². The third-order valence-corrected chi connectivity index (χ3v) is 7.34. The number of fused-ring (bicyclic) bond motifs is 1. The number of hydrogen-bond acceptors (Lipinski definition) is 8. The highest BCUT2D eigenvalue weighted by molar-refractivity contribution is 7.14. The van der Waals surface area contributed by atoms with Crippen molar-refractivity contribution in [3.8, 4) is 10.6 Å². The molecular formula is C27H35N7O2S. The van der Waals surface area contributed by atoms with E-state index >= 15 is 0 Å². The molecule has 10 heteroatoms. The van der Waals surface area contributed by atoms with Gasteiger partial charge in [-0.3, -0.25) is 14.6 Å². The van der Waals surface area contributed by atoms with E-state index in [1.54, 1.807) is 12.1 Å². The highest BCUT2D eigenvalue weighted by atomic mass is 32.1. The van der Waals surface area contributed by atoms with Crippen LogP contribution in [0.3, 0.4) is 0 Å². The van der Waals surface area contributed by atoms with Gasteiger partial charge in [-0.2, -0.15) is 0 Å². The van der Waals surface area contributed by atoms with Crippen molar-refractivity contribution in [3.05, 3.63) is 64.2 Å². The molecule has 0 spiro atoms. The van der Waals surface area contributed by atoms with Crippen LogP contribution < -0.4 is 15.5 Å². The molecule has 2 N–H and O–H groups in total. The maximum absolute atomic E-state index is 13.4. The molecule has 0 unspecified atom stereocenters. The number of carbonyl (C=O) groups is 2. The van der Waals surface area contributed by atoms with E-state index in [9.17, 15) is 9.59 Å². The molecule has 9 nitrogen and oxygen atoms in total. The Morgan fingerprint density at radius 3 is 2.38 bits per heavy atom. The maximum atomic E-state index is 13.4. The van der Waals surface area contributed by atoms with Crippen LogP contribution in [0.15, 0.2) is 42.5 Å². The van der Waals surface area contributed by atoms with Gasteiger partial charge in [0.25, 0.3) is 5.91 Å². The molecule has 1 aromatic heterocycles. The molecule has 1 aliphatic heterocycles. The Morgan fingerprint density at radius 2 is 1.76 bits per heavy atom. The molecule has 0 aliphatic carbocycles. The van der Waals surface area contributed by atoms with Gasteiger partial charge in [0.05, 0.1) is 13.1 Å². The smallest absolute Gasteiger partial charge is 0.256 e. The quantitative estimate of drug-likeness (QED) is 0.375. The number of amides is 2. The fraction of sp³-hybridized carbons (Fsp3) is 0.407. The first-order valence-corrected chi connectivity index (χ1v) is 13.4. The minimum atomic E-state index is -0.120. The van der Waals surface area contributed by atoms with E-state index in [0.717, 1.165) is 33.4 Å². The predicted octanol–water partition coefficient (Wildman–Crippen LogP) is 2.74. The summed E-state index contributed by atoms with van der Waals surface area (Å²) >= 11 is 1.54. The van der Waals surface area contributed by atoms with Crippen LogP contribution in [0.1, 0.15) is 28.6 Å². The van der Waals surface area contributed by atoms with Gasteiger partial charge in [0.2, 0.25) is 5.91 Å². The van der Waals surface area contributed by atoms with Crippen molar-refractivity contribution < 1.29 is 9.59 Å². The van der Waals surface area contributed by atoms with E-state index in [2.05, 4.69) is 33.0 Å². The molecule has 3 aromatic rings. The van der Waals surface area contributed by atoms with Crippen LogP contribution in [0, 0.1) is 13.8 Å². The molecule has 0 saturated heterocycles. The molecular weight excluding hydrogens is 486 g/mol. The minimum Gasteiger partial charge on any atom is -0.353 e. The Labute approximate surface area is 222 Å². The summed E-state index contributed by atoms with van der Waals surface area (Å²) in [7, 11) is 1.80. The number of hydrogen-bond donors (Lipinski definition) is 2. The number of nitrogens with one attached hydrogen (secondary N) is 2. The lowest BCUT2D eigenvalue weighted by molar-refractivity contribution is -0.145. The molecule has 0 fully saturated rings. The Balaban J connectivity index is 1.50. The molecule has 0 saturated carbocycles. The van der Waals surface area contributed by atoms with Crippen molar-refractivity contribution in [1.82, 2.24) is 30.8 Å². The van der Waals surface area contributed by atoms with E-state index in [1.165, 1.54) is 22.5 Å². The first-order valence-electron chi connectivity index (χ1n) is 12.6. The third-order valence-electron chi connectivity index (χ3n) is 6.45. The number of hydrazine groups is 1. The maximum Gasteiger partial charge on any atom is 0.256 e. The number of carbonyl (C=O) groups excluding carboxylic acids is 2. The summed E-state index contributed by atoms with van der Waals surface area (Å²) in [6, 6.07) is 14.2. The first kappa shape index (κ1) is 26.7. The number of aromatic nitrogens is 2. The van der Waals surface area contributed by atoms with Crippen LogP contribution in [0.25, 0.3) is 10.6 Å². The molecule has 1 aliphatic rings. The molecule has 0 bridgehead atoms. The third kappa shape index (κ3) is 6.71. The van der Waals surface area contributed by atoms with Crippen molar-refractivity contribution in [3.63, 3.8) is 0 Å². The van der Waals surface area contributed by atoms with Crippen molar-refractivity contribution in [2.24, 2.45) is 0 Å². The summed E-state index contributed by atoms with van der Waals surface area (Å²) in [4.78, 5) is 28.1. The molecule has 2 aromatic carbocycles. The van der Waals surface area contributed by atoms with Gasteiger partial charge in [0.15, 0.2) is 0 Å². The number of benzene rings is 2. The van der Waals surface area contributed by atoms with Crippen LogP contribution in [0.2, 0.25) is 0 Å². The van der Waals surface area contributed by atoms with Gasteiger partial charge in [-0.25, -0.2) is 5.01 Å². The van der Waals surface area contributed by atoms with Crippen molar-refractivity contribution in [1.29, 1.82) is 0 Å². The second kappa shape index (κ2) is 12.3. The highest BCUT2D eigenvalue weighted by Crippen LogP contribution is 2.29. The highest BCUT2D eigenvalue weighted by Gasteiger charge is 2.27. The normalized spacial score (nSPS) is 12.9. The van der Waals surface area contributed by atoms with Gasteiger partial charge in [-0.15, -0.1) is 10.2 Å². The summed E-state index contributed by atoms with van der Waals surface area (Å²) in [5.41, 5.74) is 5.25. The Morgan fingerprint density at radius 1 is 1.03 bits per heavy atom. The Bertz CT molecular complexity index is 1220. The number of anilines is 1. The van der Waals surface area contributed by atoms with Gasteiger partial charge in [-0.1, -0.05) is 42.5 Å². The fourth-order valence-corrected chi connectivity index (χ4v) is 5.12. The Kier molecular flexibility index (Phi) is 8.86. The molecule has 2 amide bonds. The van der Waals surface area contributed by atoms with E-state index in [-0.39, 0.29) is 24.9 Å². The summed E-state index contributed by atoms with van der Waals surface area (Å²) < 4.78 is 0. The molecule has 37 heavy (non-hydrogen) atoms. The van der Waals surface area contributed by atoms with E-state index in [1.807, 2.05) is 61.0 Å². The average Bonchev–Trinajstić information content (AvgIpc) is 3.52. The molecule has 0 radical (unpaired) electrons. The van der Waals surface area contributed by atoms with E-state index in [4.69, 9.17) is 0 Å². The van der Waals surface area contributed by atoms with Crippen LogP contribution in [0.4, 0.5) is 5.69 Å². The van der Waals surface area contributed by atoms with Crippen LogP contribution in [-0.2, 0) is 22.7 Å². The van der Waals surface area contributed by atoms with Crippen molar-refractivity contribution in [2.45, 2.75) is 33.9 Å². The zero-order chi connectivity index (χ0) is 26.4. The average molecular weight is 522 g/mol. The number of aryl methyl sites for hydroxylation is 2. The zero-order valence-corrected chi connectivity index (χ0v) is 22.8. The molecule has 0 atom stereocenters. The molecule has 196 valence electrons. The van der Waals surface area contributed by atoms with Crippen molar-refractivity contribution >= 4 is 28.8 Å². The van der Waals surface area contributed by atoms with Crippen LogP contribution >= 0.6 is 11.3 Å². The standard InChI is InChI=1S/C27H35N7O2S/c1-5-28-12-13-29-25(35)17-33(24-11-10-21(14-19(24)2)27-31-30-20(3)37-27)18-26(36)32(4)34-15-22-8-6-7-9-23(22)16-34/h6-11,14,28H,5,12-13,15-18H2,1-4H3,(H,29,35). The van der Waals surface area contributed by atoms with Crippen LogP contribution in [-0.4, -0.2) is 71.8 Å². The second-order valence-corrected chi connectivity index (χ2v) is 10.4. The fourth-order valence-electron chi connectivity index (χ4n) is 4.43. The second-order valence-electron chi connectivity index (χ2n) is 9.20. The number of nitrogens with zero attached hydrogens (tertiary/aromatic N) is 5. The topological polar surface area (TPSA) is 93.7 Å². The lowest BCUT2D eigenvalue weighted by Crippen LogP contribution is -2.48. The Hall–Kier alpha value is -3.34. The SMILES string of the molecule is CCNCCNC(=O)CN(CC(=O)N(C)N1Cc2ccccc2C1)c1ccc(-c2nnc(C)s2)cc1C. The van der Waals surface area contributed by atoms with Gasteiger partial charge >= 0.3 is 0 Å². The lowest BCUT2D eigenvalue weighted by atomic mass is 10.1. The number of likely N-dealkylation sites (N-methyl/N-ethyl adjacent to an activating group) is 2. The largest absolute Gasteiger partial charge is 0.353 e. The van der Waals surface area contributed by atoms with Gasteiger partial charge in [0.1, 0.15) is 10.0 Å². The van der Waals surface area contributed by atoms with Gasteiger partial charge < -0.3 is 15.5 Å². The minimum absolute atomic E-state index is 0.0727. The first-order chi connectivity index (χ1) is 17.9. The summed E-state index contributed by atoms with van der Waals surface area (Å²) in [6.07, 6.45) is 0. The summed E-state index contributed by atoms with van der Waals surface area (Å²) in [6.45, 7) is 9.60. The molecule has 4 rings (SSSR count). The number of rotatable bonds is 11. The van der Waals surface area contributed by atoms with E-state index in [0.29, 0.717) is 26.2 Å². The summed E-state index contributed by atoms with van der Waals surface area (Å²) in [5.74, 6) is -0.193. The lowest BCUT2D eigenvalue weighted by Gasteiger charge is -2.32. The molecule has 2 heterocycles. The van der Waals surface area contributed by atoms with Gasteiger partial charge in [0, 0.05) is 44.5 Å². The van der Waals surface area contributed by atoms with Gasteiger partial charge in [-0.05, 0) is 55.3 Å².